The van der Waals surface area contributed by atoms with Gasteiger partial charge in [0.15, 0.2) is 5.76 Å². The Labute approximate surface area is 168 Å². The molecule has 1 aliphatic rings. The Balaban J connectivity index is 1.87. The van der Waals surface area contributed by atoms with Crippen LogP contribution < -0.4 is 9.64 Å². The van der Waals surface area contributed by atoms with Crippen LogP contribution in [-0.2, 0) is 4.79 Å². The number of benzene rings is 3. The van der Waals surface area contributed by atoms with Crippen molar-refractivity contribution in [3.63, 3.8) is 0 Å². The first-order valence-corrected chi connectivity index (χ1v) is 9.19. The molecule has 0 bridgehead atoms. The normalized spacial score (nSPS) is 16.6. The van der Waals surface area contributed by atoms with E-state index in [2.05, 4.69) is 0 Å². The zero-order valence-corrected chi connectivity index (χ0v) is 15.9. The second-order valence-corrected chi connectivity index (χ2v) is 6.89. The number of amides is 1. The van der Waals surface area contributed by atoms with Gasteiger partial charge in [-0.3, -0.25) is 9.69 Å². The van der Waals surface area contributed by atoms with Crippen LogP contribution in [0.5, 0.6) is 5.75 Å². The number of hydrogen-bond donors (Lipinski definition) is 1. The van der Waals surface area contributed by atoms with Gasteiger partial charge in [-0.2, -0.15) is 0 Å². The second kappa shape index (κ2) is 7.41. The molecule has 0 saturated carbocycles. The maximum absolute atomic E-state index is 13.1. The van der Waals surface area contributed by atoms with Gasteiger partial charge in [0.1, 0.15) is 5.75 Å². The van der Waals surface area contributed by atoms with E-state index in [4.69, 9.17) is 16.3 Å². The Bertz CT molecular complexity index is 1030. The summed E-state index contributed by atoms with van der Waals surface area (Å²) in [5.41, 5.74) is 2.90. The van der Waals surface area contributed by atoms with Crippen molar-refractivity contribution in [3.8, 4) is 5.75 Å². The Kier molecular flexibility index (Phi) is 4.80. The number of rotatable bonds is 4. The number of anilines is 1. The van der Waals surface area contributed by atoms with Gasteiger partial charge in [0, 0.05) is 16.3 Å². The van der Waals surface area contributed by atoms with Crippen LogP contribution >= 0.6 is 11.6 Å². The first-order valence-electron chi connectivity index (χ1n) is 8.82. The average molecular weight is 392 g/mol. The van der Waals surface area contributed by atoms with Gasteiger partial charge in [0.05, 0.1) is 13.2 Å². The summed E-state index contributed by atoms with van der Waals surface area (Å²) in [5, 5.41) is 11.4. The van der Waals surface area contributed by atoms with Crippen molar-refractivity contribution in [2.75, 3.05) is 12.0 Å². The van der Waals surface area contributed by atoms with Crippen LogP contribution in [0.3, 0.4) is 0 Å². The summed E-state index contributed by atoms with van der Waals surface area (Å²) in [4.78, 5) is 14.7. The van der Waals surface area contributed by atoms with Gasteiger partial charge < -0.3 is 9.84 Å². The van der Waals surface area contributed by atoms with Crippen LogP contribution in [0.2, 0.25) is 5.02 Å². The molecule has 28 heavy (non-hydrogen) atoms. The monoisotopic (exact) mass is 391 g/mol. The van der Waals surface area contributed by atoms with Gasteiger partial charge in [-0.25, -0.2) is 0 Å². The molecule has 1 atom stereocenters. The third kappa shape index (κ3) is 3.12. The quantitative estimate of drug-likeness (QED) is 0.647. The van der Waals surface area contributed by atoms with Gasteiger partial charge in [0.2, 0.25) is 0 Å². The fraction of sp³-hybridized carbons (Fsp3) is 0.0870. The standard InChI is InChI=1S/C23H18ClNO3/c1-28-19-13-11-18(12-14-19)25-21(16-7-9-17(24)10-8-16)20(22(26)23(25)27)15-5-3-2-4-6-15/h2-14,21,26H,1H3. The molecule has 4 nitrogen and oxygen atoms in total. The molecule has 4 rings (SSSR count). The fourth-order valence-corrected chi connectivity index (χ4v) is 3.61. The van der Waals surface area contributed by atoms with E-state index >= 15 is 0 Å². The van der Waals surface area contributed by atoms with E-state index in [1.165, 1.54) is 0 Å². The number of aliphatic hydroxyl groups is 1. The molecule has 3 aromatic rings. The summed E-state index contributed by atoms with van der Waals surface area (Å²) >= 11 is 6.06. The number of hydrogen-bond acceptors (Lipinski definition) is 3. The Morgan fingerprint density at radius 1 is 0.929 bits per heavy atom. The first-order chi connectivity index (χ1) is 13.6. The Morgan fingerprint density at radius 3 is 2.18 bits per heavy atom. The number of halogens is 1. The molecular formula is C23H18ClNO3. The summed E-state index contributed by atoms with van der Waals surface area (Å²) in [6, 6.07) is 23.5. The molecule has 0 aromatic heterocycles. The van der Waals surface area contributed by atoms with E-state index in [-0.39, 0.29) is 5.76 Å². The summed E-state index contributed by atoms with van der Waals surface area (Å²) < 4.78 is 5.22. The van der Waals surface area contributed by atoms with Crippen molar-refractivity contribution < 1.29 is 14.6 Å². The van der Waals surface area contributed by atoms with Crippen molar-refractivity contribution in [1.29, 1.82) is 0 Å². The number of ether oxygens (including phenoxy) is 1. The van der Waals surface area contributed by atoms with E-state index in [0.29, 0.717) is 22.0 Å². The minimum absolute atomic E-state index is 0.248. The third-order valence-corrected chi connectivity index (χ3v) is 5.08. The highest BCUT2D eigenvalue weighted by Gasteiger charge is 2.41. The lowest BCUT2D eigenvalue weighted by Gasteiger charge is -2.27. The molecular weight excluding hydrogens is 374 g/mol. The highest BCUT2D eigenvalue weighted by atomic mass is 35.5. The molecule has 140 valence electrons. The molecule has 0 spiro atoms. The van der Waals surface area contributed by atoms with Gasteiger partial charge in [-0.1, -0.05) is 54.1 Å². The van der Waals surface area contributed by atoms with Crippen LogP contribution in [-0.4, -0.2) is 18.1 Å². The lowest BCUT2D eigenvalue weighted by atomic mass is 9.93. The number of methoxy groups -OCH3 is 1. The number of carbonyl (C=O) groups is 1. The average Bonchev–Trinajstić information content (AvgIpc) is 3.00. The smallest absolute Gasteiger partial charge is 0.294 e. The Hall–Kier alpha value is -3.24. The van der Waals surface area contributed by atoms with Crippen molar-refractivity contribution in [1.82, 2.24) is 0 Å². The van der Waals surface area contributed by atoms with Crippen LogP contribution in [0.1, 0.15) is 17.2 Å². The number of nitrogens with zero attached hydrogens (tertiary/aromatic N) is 1. The highest BCUT2D eigenvalue weighted by Crippen LogP contribution is 2.45. The zero-order valence-electron chi connectivity index (χ0n) is 15.2. The minimum Gasteiger partial charge on any atom is -0.503 e. The molecule has 1 aliphatic heterocycles. The lowest BCUT2D eigenvalue weighted by Crippen LogP contribution is -2.30. The number of aliphatic hydroxyl groups excluding tert-OH is 1. The zero-order chi connectivity index (χ0) is 19.7. The SMILES string of the molecule is COc1ccc(N2C(=O)C(O)=C(c3ccccc3)C2c2ccc(Cl)cc2)cc1. The summed E-state index contributed by atoms with van der Waals surface area (Å²) in [6.45, 7) is 0. The number of carbonyl (C=O) groups excluding carboxylic acids is 1. The largest absolute Gasteiger partial charge is 0.503 e. The van der Waals surface area contributed by atoms with Crippen LogP contribution in [0, 0.1) is 0 Å². The molecule has 0 saturated heterocycles. The van der Waals surface area contributed by atoms with Gasteiger partial charge in [-0.05, 0) is 47.5 Å². The summed E-state index contributed by atoms with van der Waals surface area (Å²) in [7, 11) is 1.59. The van der Waals surface area contributed by atoms with Gasteiger partial charge in [-0.15, -0.1) is 0 Å². The van der Waals surface area contributed by atoms with Crippen molar-refractivity contribution >= 4 is 28.8 Å². The molecule has 1 heterocycles. The molecule has 1 N–H and O–H groups in total. The van der Waals surface area contributed by atoms with Crippen molar-refractivity contribution in [2.24, 2.45) is 0 Å². The molecule has 3 aromatic carbocycles. The predicted octanol–water partition coefficient (Wildman–Crippen LogP) is 5.41. The van der Waals surface area contributed by atoms with E-state index in [1.54, 1.807) is 48.4 Å². The summed E-state index contributed by atoms with van der Waals surface area (Å²) in [5.74, 6) is 0.00448. The topological polar surface area (TPSA) is 49.8 Å². The maximum Gasteiger partial charge on any atom is 0.294 e. The van der Waals surface area contributed by atoms with Gasteiger partial charge in [0.25, 0.3) is 5.91 Å². The second-order valence-electron chi connectivity index (χ2n) is 6.46. The highest BCUT2D eigenvalue weighted by molar-refractivity contribution is 6.30. The van der Waals surface area contributed by atoms with Crippen molar-refractivity contribution in [2.45, 2.75) is 6.04 Å². The van der Waals surface area contributed by atoms with E-state index in [9.17, 15) is 9.90 Å². The molecule has 5 heteroatoms. The van der Waals surface area contributed by atoms with Crippen LogP contribution in [0.25, 0.3) is 5.57 Å². The molecule has 0 aliphatic carbocycles. The maximum atomic E-state index is 13.1. The van der Waals surface area contributed by atoms with Gasteiger partial charge >= 0.3 is 0 Å². The Morgan fingerprint density at radius 2 is 1.57 bits per heavy atom. The first kappa shape index (κ1) is 18.1. The molecule has 1 amide bonds. The van der Waals surface area contributed by atoms with Crippen LogP contribution in [0.4, 0.5) is 5.69 Å². The van der Waals surface area contributed by atoms with E-state index in [1.807, 2.05) is 42.5 Å². The van der Waals surface area contributed by atoms with Crippen LogP contribution in [0.15, 0.2) is 84.6 Å². The minimum atomic E-state index is -0.472. The predicted molar refractivity (Wildman–Crippen MR) is 111 cm³/mol. The van der Waals surface area contributed by atoms with Crippen molar-refractivity contribution in [3.05, 3.63) is 101 Å². The molecule has 0 radical (unpaired) electrons. The van der Waals surface area contributed by atoms with E-state index < -0.39 is 11.9 Å². The fourth-order valence-electron chi connectivity index (χ4n) is 3.49. The molecule has 0 fully saturated rings. The van der Waals surface area contributed by atoms with E-state index in [0.717, 1.165) is 11.1 Å². The molecule has 1 unspecified atom stereocenters. The summed E-state index contributed by atoms with van der Waals surface area (Å²) in [6.07, 6.45) is 0. The third-order valence-electron chi connectivity index (χ3n) is 4.83. The lowest BCUT2D eigenvalue weighted by molar-refractivity contribution is -0.117.